The largest absolute Gasteiger partial charge is 0.348 e. The molecule has 7 heteroatoms. The fourth-order valence-electron chi connectivity index (χ4n) is 3.76. The zero-order chi connectivity index (χ0) is 22.7. The molecule has 32 heavy (non-hydrogen) atoms. The van der Waals surface area contributed by atoms with Crippen LogP contribution in [-0.4, -0.2) is 30.1 Å². The number of fused-ring (bicyclic) bond motifs is 1. The predicted molar refractivity (Wildman–Crippen MR) is 127 cm³/mol. The number of carbonyl (C=O) groups excluding carboxylic acids is 1. The number of hydrogen-bond donors (Lipinski definition) is 1. The molecule has 1 heterocycles. The summed E-state index contributed by atoms with van der Waals surface area (Å²) in [4.78, 5) is 17.3. The van der Waals surface area contributed by atoms with Crippen molar-refractivity contribution in [2.24, 2.45) is 0 Å². The van der Waals surface area contributed by atoms with E-state index in [0.717, 1.165) is 28.5 Å². The van der Waals surface area contributed by atoms with Crippen molar-refractivity contribution in [3.05, 3.63) is 90.3 Å². The Hall–Kier alpha value is -3.45. The first kappa shape index (κ1) is 21.8. The minimum absolute atomic E-state index is 0.00218. The van der Waals surface area contributed by atoms with E-state index in [1.807, 2.05) is 73.7 Å². The summed E-state index contributed by atoms with van der Waals surface area (Å²) in [6, 6.07) is 25.4. The molecule has 4 rings (SSSR count). The van der Waals surface area contributed by atoms with Crippen LogP contribution in [0.5, 0.6) is 0 Å². The summed E-state index contributed by atoms with van der Waals surface area (Å²) in [5.74, 6) is -0.0582. The van der Waals surface area contributed by atoms with Crippen molar-refractivity contribution >= 4 is 26.8 Å². The fraction of sp³-hybridized carbons (Fsp3) is 0.200. The molecular weight excluding hydrogens is 422 g/mol. The molecule has 0 fully saturated rings. The molecule has 1 aromatic heterocycles. The number of benzene rings is 3. The van der Waals surface area contributed by atoms with Gasteiger partial charge in [-0.2, -0.15) is 0 Å². The average Bonchev–Trinajstić information content (AvgIpc) is 3.09. The summed E-state index contributed by atoms with van der Waals surface area (Å²) in [5.41, 5.74) is 4.65. The van der Waals surface area contributed by atoms with Gasteiger partial charge in [-0.05, 0) is 35.7 Å². The second kappa shape index (κ2) is 8.96. The van der Waals surface area contributed by atoms with Gasteiger partial charge >= 0.3 is 0 Å². The maximum Gasteiger partial charge on any atom is 0.240 e. The molecule has 0 aliphatic rings. The molecule has 1 N–H and O–H groups in total. The Morgan fingerprint density at radius 1 is 0.938 bits per heavy atom. The van der Waals surface area contributed by atoms with Gasteiger partial charge in [0.2, 0.25) is 5.91 Å². The average molecular weight is 448 g/mol. The van der Waals surface area contributed by atoms with E-state index in [1.54, 1.807) is 4.57 Å². The molecule has 0 saturated heterocycles. The molecule has 0 radical (unpaired) electrons. The number of imidazole rings is 1. The number of nitrogens with zero attached hydrogens (tertiary/aromatic N) is 2. The van der Waals surface area contributed by atoms with Crippen molar-refractivity contribution in [1.29, 1.82) is 0 Å². The summed E-state index contributed by atoms with van der Waals surface area (Å²) in [6.45, 7) is 1.93. The van der Waals surface area contributed by atoms with E-state index in [0.29, 0.717) is 11.3 Å². The van der Waals surface area contributed by atoms with Crippen LogP contribution in [0.3, 0.4) is 0 Å². The van der Waals surface area contributed by atoms with Gasteiger partial charge in [-0.1, -0.05) is 66.7 Å². The normalized spacial score (nSPS) is 12.6. The van der Waals surface area contributed by atoms with E-state index in [-0.39, 0.29) is 24.2 Å². The number of sulfone groups is 1. The number of hydrogen-bond acceptors (Lipinski definition) is 4. The van der Waals surface area contributed by atoms with Gasteiger partial charge in [0.05, 0.1) is 17.1 Å². The minimum Gasteiger partial charge on any atom is -0.348 e. The fourth-order valence-corrected chi connectivity index (χ4v) is 4.44. The van der Waals surface area contributed by atoms with Crippen LogP contribution in [0.2, 0.25) is 0 Å². The smallest absolute Gasteiger partial charge is 0.240 e. The number of aromatic nitrogens is 2. The van der Waals surface area contributed by atoms with E-state index < -0.39 is 9.84 Å². The lowest BCUT2D eigenvalue weighted by atomic mass is 10.0. The minimum atomic E-state index is -3.29. The van der Waals surface area contributed by atoms with Crippen LogP contribution in [-0.2, 0) is 26.9 Å². The number of rotatable bonds is 7. The molecule has 6 nitrogen and oxygen atoms in total. The number of para-hydroxylation sites is 2. The highest BCUT2D eigenvalue weighted by molar-refractivity contribution is 7.89. The van der Waals surface area contributed by atoms with E-state index in [9.17, 15) is 13.2 Å². The van der Waals surface area contributed by atoms with Gasteiger partial charge in [0.25, 0.3) is 0 Å². The monoisotopic (exact) mass is 447 g/mol. The van der Waals surface area contributed by atoms with Gasteiger partial charge in [-0.25, -0.2) is 13.4 Å². The van der Waals surface area contributed by atoms with Crippen molar-refractivity contribution in [3.8, 4) is 11.1 Å². The third-order valence-corrected chi connectivity index (χ3v) is 6.10. The van der Waals surface area contributed by atoms with E-state index in [1.165, 1.54) is 0 Å². The Labute approximate surface area is 187 Å². The molecule has 0 spiro atoms. The second-order valence-electron chi connectivity index (χ2n) is 7.95. The lowest BCUT2D eigenvalue weighted by Gasteiger charge is -2.16. The zero-order valence-electron chi connectivity index (χ0n) is 18.0. The molecular formula is C25H25N3O3S. The third kappa shape index (κ3) is 5.06. The Bertz CT molecular complexity index is 1340. The molecule has 4 aromatic rings. The molecule has 1 atom stereocenters. The van der Waals surface area contributed by atoms with Crippen LogP contribution in [0.25, 0.3) is 22.2 Å². The van der Waals surface area contributed by atoms with Crippen LogP contribution in [0.1, 0.15) is 24.4 Å². The van der Waals surface area contributed by atoms with Crippen molar-refractivity contribution in [2.45, 2.75) is 25.3 Å². The Kier molecular flexibility index (Phi) is 6.10. The SMILES string of the molecule is C[C@H](NC(=O)Cn1c(CS(C)(=O)=O)nc2ccccc21)c1ccc(-c2ccccc2)cc1. The molecule has 0 aliphatic heterocycles. The first-order valence-corrected chi connectivity index (χ1v) is 12.4. The third-order valence-electron chi connectivity index (χ3n) is 5.32. The molecule has 164 valence electrons. The predicted octanol–water partition coefficient (Wildman–Crippen LogP) is 4.13. The van der Waals surface area contributed by atoms with Gasteiger partial charge in [0.15, 0.2) is 9.84 Å². The topological polar surface area (TPSA) is 81.1 Å². The van der Waals surface area contributed by atoms with Crippen molar-refractivity contribution in [3.63, 3.8) is 0 Å². The number of carbonyl (C=O) groups is 1. The lowest BCUT2D eigenvalue weighted by molar-refractivity contribution is -0.122. The van der Waals surface area contributed by atoms with E-state index >= 15 is 0 Å². The summed E-state index contributed by atoms with van der Waals surface area (Å²) in [6.07, 6.45) is 1.16. The summed E-state index contributed by atoms with van der Waals surface area (Å²) in [5, 5.41) is 3.01. The van der Waals surface area contributed by atoms with Crippen LogP contribution >= 0.6 is 0 Å². The maximum absolute atomic E-state index is 12.8. The van der Waals surface area contributed by atoms with Gasteiger partial charge in [-0.15, -0.1) is 0 Å². The molecule has 0 unspecified atom stereocenters. The first-order chi connectivity index (χ1) is 15.3. The number of nitrogens with one attached hydrogen (secondary N) is 1. The lowest BCUT2D eigenvalue weighted by Crippen LogP contribution is -2.30. The van der Waals surface area contributed by atoms with Crippen LogP contribution < -0.4 is 5.32 Å². The van der Waals surface area contributed by atoms with E-state index in [2.05, 4.69) is 22.4 Å². The van der Waals surface area contributed by atoms with Crippen molar-refractivity contribution in [1.82, 2.24) is 14.9 Å². The second-order valence-corrected chi connectivity index (χ2v) is 10.1. The van der Waals surface area contributed by atoms with Crippen LogP contribution in [0, 0.1) is 0 Å². The quantitative estimate of drug-likeness (QED) is 0.462. The summed E-state index contributed by atoms with van der Waals surface area (Å²) < 4.78 is 25.4. The Morgan fingerprint density at radius 3 is 2.25 bits per heavy atom. The van der Waals surface area contributed by atoms with Crippen molar-refractivity contribution < 1.29 is 13.2 Å². The standard InChI is InChI=1S/C25H25N3O3S/c1-18(19-12-14-21(15-13-19)20-8-4-3-5-9-20)26-25(29)16-28-23-11-7-6-10-22(23)27-24(28)17-32(2,30)31/h3-15,18H,16-17H2,1-2H3,(H,26,29)/t18-/m0/s1. The van der Waals surface area contributed by atoms with Gasteiger partial charge < -0.3 is 9.88 Å². The Morgan fingerprint density at radius 2 is 1.56 bits per heavy atom. The van der Waals surface area contributed by atoms with Gasteiger partial charge in [-0.3, -0.25) is 4.79 Å². The van der Waals surface area contributed by atoms with Crippen molar-refractivity contribution in [2.75, 3.05) is 6.26 Å². The Balaban J connectivity index is 1.50. The number of amides is 1. The molecule has 0 saturated carbocycles. The highest BCUT2D eigenvalue weighted by Gasteiger charge is 2.18. The molecule has 1 amide bonds. The highest BCUT2D eigenvalue weighted by Crippen LogP contribution is 2.22. The summed E-state index contributed by atoms with van der Waals surface area (Å²) >= 11 is 0. The maximum atomic E-state index is 12.8. The molecule has 0 aliphatic carbocycles. The summed E-state index contributed by atoms with van der Waals surface area (Å²) in [7, 11) is -3.29. The first-order valence-electron chi connectivity index (χ1n) is 10.4. The highest BCUT2D eigenvalue weighted by atomic mass is 32.2. The molecule has 0 bridgehead atoms. The zero-order valence-corrected chi connectivity index (χ0v) is 18.8. The van der Waals surface area contributed by atoms with E-state index in [4.69, 9.17) is 0 Å². The van der Waals surface area contributed by atoms with Gasteiger partial charge in [0, 0.05) is 6.26 Å². The van der Waals surface area contributed by atoms with Gasteiger partial charge in [0.1, 0.15) is 18.1 Å². The molecule has 3 aromatic carbocycles. The van der Waals surface area contributed by atoms with Crippen LogP contribution in [0.15, 0.2) is 78.9 Å². The van der Waals surface area contributed by atoms with Crippen LogP contribution in [0.4, 0.5) is 0 Å².